The van der Waals surface area contributed by atoms with E-state index >= 15 is 0 Å². The van der Waals surface area contributed by atoms with E-state index in [0.717, 1.165) is 43.3 Å². The molecule has 1 spiro atoms. The zero-order valence-corrected chi connectivity index (χ0v) is 25.4. The maximum atomic E-state index is 14.0. The van der Waals surface area contributed by atoms with Crippen LogP contribution >= 0.6 is 23.2 Å². The van der Waals surface area contributed by atoms with Crippen molar-refractivity contribution in [2.24, 2.45) is 0 Å². The summed E-state index contributed by atoms with van der Waals surface area (Å²) in [5, 5.41) is 6.52. The maximum absolute atomic E-state index is 14.0. The summed E-state index contributed by atoms with van der Waals surface area (Å²) < 4.78 is 32.3. The number of fused-ring (bicyclic) bond motifs is 2. The van der Waals surface area contributed by atoms with Crippen molar-refractivity contribution in [1.29, 1.82) is 0 Å². The highest BCUT2D eigenvalue weighted by Crippen LogP contribution is 2.50. The molecule has 2 aliphatic rings. The van der Waals surface area contributed by atoms with Gasteiger partial charge in [-0.2, -0.15) is 13.8 Å². The Kier molecular flexibility index (Phi) is 8.94. The number of quaternary nitrogens is 1. The van der Waals surface area contributed by atoms with Gasteiger partial charge < -0.3 is 15.4 Å². The Morgan fingerprint density at radius 1 is 1.02 bits per heavy atom. The third-order valence-electron chi connectivity index (χ3n) is 8.00. The number of nitrogens with one attached hydrogen (secondary N) is 3. The molecule has 5 rings (SSSR count). The second-order valence-corrected chi connectivity index (χ2v) is 13.7. The molecule has 2 aliphatic heterocycles. The van der Waals surface area contributed by atoms with Crippen LogP contribution in [-0.4, -0.2) is 58.8 Å². The van der Waals surface area contributed by atoms with Gasteiger partial charge in [0.05, 0.1) is 35.5 Å². The molecular weight excluding hydrogens is 599 g/mol. The Hall–Kier alpha value is -2.99. The molecule has 2 atom stereocenters. The molecule has 42 heavy (non-hydrogen) atoms. The molecule has 0 aliphatic carbocycles. The number of nitrogens with zero attached hydrogens (tertiary/aromatic N) is 1. The van der Waals surface area contributed by atoms with Crippen molar-refractivity contribution >= 4 is 50.7 Å². The SMILES string of the molecule is CS(=O)(=O)[N+]1(NC(=O)C(COCc2ccccc2)NC(=O)c2ccc(Cl)cc2Cl)CC2(CCNCC2)c2ccccc21. The highest BCUT2D eigenvalue weighted by molar-refractivity contribution is 7.90. The summed E-state index contributed by atoms with van der Waals surface area (Å²) in [4.78, 5) is 27.3. The van der Waals surface area contributed by atoms with E-state index in [2.05, 4.69) is 16.1 Å². The van der Waals surface area contributed by atoms with Gasteiger partial charge in [0, 0.05) is 16.7 Å². The van der Waals surface area contributed by atoms with E-state index in [1.165, 1.54) is 18.2 Å². The molecular formula is C30H33Cl2N4O5S+. The van der Waals surface area contributed by atoms with E-state index in [9.17, 15) is 18.0 Å². The van der Waals surface area contributed by atoms with Crippen molar-refractivity contribution < 1.29 is 22.7 Å². The van der Waals surface area contributed by atoms with Gasteiger partial charge in [0.15, 0.2) is 5.69 Å². The number of para-hydroxylation sites is 1. The largest absolute Gasteiger partial charge is 0.374 e. The number of hydrogen-bond donors (Lipinski definition) is 3. The Bertz CT molecular complexity index is 1580. The first-order chi connectivity index (χ1) is 20.0. The Morgan fingerprint density at radius 2 is 1.71 bits per heavy atom. The second-order valence-electron chi connectivity index (χ2n) is 10.8. The van der Waals surface area contributed by atoms with E-state index in [1.54, 1.807) is 12.1 Å². The number of carbonyl (C=O) groups is 2. The Labute approximate surface area is 255 Å². The van der Waals surface area contributed by atoms with E-state index in [1.807, 2.05) is 42.5 Å². The number of amides is 2. The summed E-state index contributed by atoms with van der Waals surface area (Å²) in [7, 11) is -3.94. The lowest BCUT2D eigenvalue weighted by Crippen LogP contribution is -2.68. The van der Waals surface area contributed by atoms with Gasteiger partial charge in [0.2, 0.25) is 0 Å². The number of halogens is 2. The van der Waals surface area contributed by atoms with Crippen molar-refractivity contribution in [3.8, 4) is 0 Å². The molecule has 3 aromatic carbocycles. The first kappa shape index (κ1) is 30.5. The second kappa shape index (κ2) is 12.3. The van der Waals surface area contributed by atoms with Crippen LogP contribution in [0.25, 0.3) is 0 Å². The van der Waals surface area contributed by atoms with Crippen LogP contribution in [0.5, 0.6) is 0 Å². The molecule has 9 nitrogen and oxygen atoms in total. The molecule has 2 unspecified atom stereocenters. The van der Waals surface area contributed by atoms with E-state index in [-0.39, 0.29) is 30.3 Å². The van der Waals surface area contributed by atoms with E-state index < -0.39 is 37.3 Å². The van der Waals surface area contributed by atoms with Gasteiger partial charge in [-0.1, -0.05) is 75.7 Å². The number of carbonyl (C=O) groups excluding carboxylic acids is 2. The molecule has 3 aromatic rings. The maximum Gasteiger partial charge on any atom is 0.321 e. The van der Waals surface area contributed by atoms with Gasteiger partial charge in [-0.05, 0) is 49.7 Å². The third-order valence-corrected chi connectivity index (χ3v) is 10.1. The zero-order valence-electron chi connectivity index (χ0n) is 23.1. The van der Waals surface area contributed by atoms with E-state index in [4.69, 9.17) is 27.9 Å². The molecule has 0 saturated carbocycles. The predicted octanol–water partition coefficient (Wildman–Crippen LogP) is 3.94. The average molecular weight is 633 g/mol. The molecule has 12 heteroatoms. The molecule has 0 aromatic heterocycles. The minimum absolute atomic E-state index is 0.116. The van der Waals surface area contributed by atoms with Gasteiger partial charge in [0.25, 0.3) is 11.8 Å². The Balaban J connectivity index is 1.46. The summed E-state index contributed by atoms with van der Waals surface area (Å²) in [5.74, 6) is -1.32. The molecule has 1 saturated heterocycles. The van der Waals surface area contributed by atoms with E-state index in [0.29, 0.717) is 10.7 Å². The molecule has 0 bridgehead atoms. The molecule has 0 radical (unpaired) electrons. The van der Waals surface area contributed by atoms with Gasteiger partial charge in [0.1, 0.15) is 12.6 Å². The standard InChI is InChI=1S/C30H32Cl2N4O5S/c1-42(39,40)36(20-30(13-15-33-16-14-30)24-9-5-6-10-27(24)36)35-29(38)26(19-41-18-21-7-3-2-4-8-21)34-28(37)23-12-11-22(31)17-25(23)32/h2-12,17,26,33H,13-16,18-20H2,1H3,(H-,34,35,37,38)/p+1. The lowest BCUT2D eigenvalue weighted by atomic mass is 9.75. The first-order valence-electron chi connectivity index (χ1n) is 13.6. The highest BCUT2D eigenvalue weighted by Gasteiger charge is 2.60. The van der Waals surface area contributed by atoms with Gasteiger partial charge >= 0.3 is 10.0 Å². The summed E-state index contributed by atoms with van der Waals surface area (Å²) in [6, 6.07) is 19.9. The van der Waals surface area contributed by atoms with Crippen molar-refractivity contribution in [3.63, 3.8) is 0 Å². The monoisotopic (exact) mass is 631 g/mol. The van der Waals surface area contributed by atoms with Crippen LogP contribution in [0, 0.1) is 0 Å². The molecule has 2 amide bonds. The number of hydrogen-bond acceptors (Lipinski definition) is 6. The fourth-order valence-electron chi connectivity index (χ4n) is 5.86. The lowest BCUT2D eigenvalue weighted by Gasteiger charge is -2.36. The fraction of sp³-hybridized carbons (Fsp3) is 0.333. The molecule has 2 heterocycles. The first-order valence-corrected chi connectivity index (χ1v) is 16.2. The molecule has 1 fully saturated rings. The van der Waals surface area contributed by atoms with Crippen LogP contribution in [0.4, 0.5) is 5.69 Å². The van der Waals surface area contributed by atoms with Gasteiger partial charge in [-0.3, -0.25) is 9.59 Å². The predicted molar refractivity (Wildman–Crippen MR) is 164 cm³/mol. The number of sulfonamides is 1. The van der Waals surface area contributed by atoms with Gasteiger partial charge in [-0.15, -0.1) is 0 Å². The van der Waals surface area contributed by atoms with Crippen LogP contribution in [0.3, 0.4) is 0 Å². The number of ether oxygens (including phenoxy) is 1. The summed E-state index contributed by atoms with van der Waals surface area (Å²) in [6.45, 7) is 1.60. The normalized spacial score (nSPS) is 20.1. The van der Waals surface area contributed by atoms with Crippen molar-refractivity contribution in [2.45, 2.75) is 30.9 Å². The van der Waals surface area contributed by atoms with Crippen LogP contribution < -0.4 is 20.1 Å². The average Bonchev–Trinajstić information content (AvgIpc) is 3.23. The molecule has 3 N–H and O–H groups in total. The fourth-order valence-corrected chi connectivity index (χ4v) is 7.61. The lowest BCUT2D eigenvalue weighted by molar-refractivity contribution is -0.127. The zero-order chi connectivity index (χ0) is 30.0. The summed E-state index contributed by atoms with van der Waals surface area (Å²) >= 11 is 12.3. The van der Waals surface area contributed by atoms with Crippen molar-refractivity contribution in [3.05, 3.63) is 99.5 Å². The summed E-state index contributed by atoms with van der Waals surface area (Å²) in [5.41, 5.74) is 4.81. The minimum atomic E-state index is -3.94. The minimum Gasteiger partial charge on any atom is -0.374 e. The molecule has 222 valence electrons. The van der Waals surface area contributed by atoms with Crippen LogP contribution in [0.15, 0.2) is 72.8 Å². The third kappa shape index (κ3) is 6.06. The number of rotatable bonds is 9. The Morgan fingerprint density at radius 3 is 2.40 bits per heavy atom. The number of piperidine rings is 1. The smallest absolute Gasteiger partial charge is 0.321 e. The highest BCUT2D eigenvalue weighted by atomic mass is 35.5. The van der Waals surface area contributed by atoms with Gasteiger partial charge in [-0.25, -0.2) is 0 Å². The van der Waals surface area contributed by atoms with Crippen LogP contribution in [-0.2, 0) is 31.6 Å². The number of benzene rings is 3. The van der Waals surface area contributed by atoms with Crippen molar-refractivity contribution in [1.82, 2.24) is 20.1 Å². The van der Waals surface area contributed by atoms with Crippen LogP contribution in [0.2, 0.25) is 10.0 Å². The summed E-state index contributed by atoms with van der Waals surface area (Å²) in [6.07, 6.45) is 2.58. The van der Waals surface area contributed by atoms with Crippen LogP contribution in [0.1, 0.15) is 34.3 Å². The topological polar surface area (TPSA) is 114 Å². The van der Waals surface area contributed by atoms with Crippen molar-refractivity contribution in [2.75, 3.05) is 32.5 Å². The quantitative estimate of drug-likeness (QED) is 0.308.